The normalized spacial score (nSPS) is 25.9. The van der Waals surface area contributed by atoms with Gasteiger partial charge in [0, 0.05) is 18.5 Å². The number of aliphatic carboxylic acids is 1. The molecule has 34 heavy (non-hydrogen) atoms. The largest absolute Gasteiger partial charge is 0.481 e. The summed E-state index contributed by atoms with van der Waals surface area (Å²) in [5, 5.41) is 14.5. The van der Waals surface area contributed by atoms with E-state index in [0.717, 1.165) is 5.56 Å². The fourth-order valence-electron chi connectivity index (χ4n) is 4.27. The number of imidazole rings is 1. The third-order valence-electron chi connectivity index (χ3n) is 5.76. The Labute approximate surface area is 194 Å². The van der Waals surface area contributed by atoms with Crippen LogP contribution >= 0.6 is 0 Å². The number of ether oxygens (including phenoxy) is 3. The molecule has 0 aliphatic carbocycles. The second-order valence-corrected chi connectivity index (χ2v) is 7.97. The van der Waals surface area contributed by atoms with Crippen molar-refractivity contribution >= 4 is 29.0 Å². The maximum absolute atomic E-state index is 12.0. The van der Waals surface area contributed by atoms with E-state index in [-0.39, 0.29) is 18.7 Å². The van der Waals surface area contributed by atoms with E-state index in [9.17, 15) is 14.7 Å². The van der Waals surface area contributed by atoms with Crippen molar-refractivity contribution < 1.29 is 28.9 Å². The molecule has 5 atom stereocenters. The SMILES string of the molecule is CCNC(=O)Nc1ncnc2c1ncn2[C@@H]1O[C@H](CCC(=O)O)[C@@H]2O[C@@H](c3ccccc3)OC21. The number of carbonyl (C=O) groups excluding carboxylic acids is 1. The quantitative estimate of drug-likeness (QED) is 0.474. The van der Waals surface area contributed by atoms with Crippen molar-refractivity contribution in [3.63, 3.8) is 0 Å². The Kier molecular flexibility index (Phi) is 6.09. The van der Waals surface area contributed by atoms with Gasteiger partial charge in [-0.25, -0.2) is 19.7 Å². The fraction of sp³-hybridized carbons (Fsp3) is 0.409. The molecule has 2 aliphatic rings. The number of rotatable bonds is 7. The predicted molar refractivity (Wildman–Crippen MR) is 118 cm³/mol. The molecular formula is C22H24N6O6. The summed E-state index contributed by atoms with van der Waals surface area (Å²) in [5.41, 5.74) is 1.69. The van der Waals surface area contributed by atoms with Gasteiger partial charge in [0.05, 0.1) is 12.4 Å². The van der Waals surface area contributed by atoms with Gasteiger partial charge in [0.2, 0.25) is 0 Å². The molecule has 3 N–H and O–H groups in total. The van der Waals surface area contributed by atoms with E-state index >= 15 is 0 Å². The Morgan fingerprint density at radius 3 is 2.65 bits per heavy atom. The third-order valence-corrected chi connectivity index (χ3v) is 5.76. The summed E-state index contributed by atoms with van der Waals surface area (Å²) in [4.78, 5) is 36.0. The first kappa shape index (κ1) is 22.2. The fourth-order valence-corrected chi connectivity index (χ4v) is 4.27. The smallest absolute Gasteiger partial charge is 0.320 e. The summed E-state index contributed by atoms with van der Waals surface area (Å²) in [6.45, 7) is 2.27. The Morgan fingerprint density at radius 2 is 1.88 bits per heavy atom. The molecule has 3 aromatic rings. The zero-order valence-corrected chi connectivity index (χ0v) is 18.3. The van der Waals surface area contributed by atoms with Gasteiger partial charge in [-0.15, -0.1) is 0 Å². The lowest BCUT2D eigenvalue weighted by molar-refractivity contribution is -0.151. The third kappa shape index (κ3) is 4.18. The van der Waals surface area contributed by atoms with E-state index < -0.39 is 42.8 Å². The number of nitrogens with zero attached hydrogens (tertiary/aromatic N) is 4. The van der Waals surface area contributed by atoms with E-state index in [1.54, 1.807) is 10.9 Å². The molecule has 0 radical (unpaired) electrons. The van der Waals surface area contributed by atoms with Crippen LogP contribution < -0.4 is 10.6 Å². The van der Waals surface area contributed by atoms with Crippen molar-refractivity contribution in [2.24, 2.45) is 0 Å². The van der Waals surface area contributed by atoms with Crippen LogP contribution in [-0.2, 0) is 19.0 Å². The minimum Gasteiger partial charge on any atom is -0.481 e. The molecule has 0 bridgehead atoms. The van der Waals surface area contributed by atoms with Crippen molar-refractivity contribution in [2.75, 3.05) is 11.9 Å². The van der Waals surface area contributed by atoms with E-state index in [0.29, 0.717) is 17.7 Å². The molecule has 4 heterocycles. The summed E-state index contributed by atoms with van der Waals surface area (Å²) in [6, 6.07) is 9.12. The highest BCUT2D eigenvalue weighted by Crippen LogP contribution is 2.45. The average molecular weight is 468 g/mol. The van der Waals surface area contributed by atoms with Crippen molar-refractivity contribution in [1.82, 2.24) is 24.8 Å². The predicted octanol–water partition coefficient (Wildman–Crippen LogP) is 2.21. The number of aromatic nitrogens is 4. The lowest BCUT2D eigenvalue weighted by Gasteiger charge is -2.21. The van der Waals surface area contributed by atoms with Gasteiger partial charge in [-0.3, -0.25) is 14.7 Å². The molecule has 2 fully saturated rings. The molecule has 1 unspecified atom stereocenters. The van der Waals surface area contributed by atoms with Gasteiger partial charge in [-0.1, -0.05) is 30.3 Å². The first-order valence-electron chi connectivity index (χ1n) is 11.0. The molecule has 12 heteroatoms. The topological polar surface area (TPSA) is 150 Å². The van der Waals surface area contributed by atoms with Crippen LogP contribution in [0.3, 0.4) is 0 Å². The second-order valence-electron chi connectivity index (χ2n) is 7.97. The van der Waals surface area contributed by atoms with Crippen molar-refractivity contribution in [3.8, 4) is 0 Å². The van der Waals surface area contributed by atoms with Crippen LogP contribution in [0.2, 0.25) is 0 Å². The Bertz CT molecular complexity index is 1190. The number of anilines is 1. The van der Waals surface area contributed by atoms with Gasteiger partial charge in [0.25, 0.3) is 0 Å². The summed E-state index contributed by atoms with van der Waals surface area (Å²) in [6.07, 6.45) is 0.337. The number of urea groups is 1. The Balaban J connectivity index is 1.45. The second kappa shape index (κ2) is 9.33. The first-order chi connectivity index (χ1) is 16.5. The molecule has 2 aromatic heterocycles. The highest BCUT2D eigenvalue weighted by molar-refractivity contribution is 5.95. The molecule has 2 aliphatic heterocycles. The van der Waals surface area contributed by atoms with E-state index in [2.05, 4.69) is 25.6 Å². The number of fused-ring (bicyclic) bond motifs is 2. The Hall–Kier alpha value is -3.61. The lowest BCUT2D eigenvalue weighted by Crippen LogP contribution is -2.29. The number of carbonyl (C=O) groups is 2. The molecule has 0 saturated carbocycles. The number of benzene rings is 1. The van der Waals surface area contributed by atoms with Gasteiger partial charge < -0.3 is 24.6 Å². The summed E-state index contributed by atoms with van der Waals surface area (Å²) < 4.78 is 20.4. The van der Waals surface area contributed by atoms with Gasteiger partial charge in [0.1, 0.15) is 18.5 Å². The number of hydrogen-bond acceptors (Lipinski definition) is 8. The van der Waals surface area contributed by atoms with E-state index in [1.807, 2.05) is 37.3 Å². The average Bonchev–Trinajstić information content (AvgIpc) is 3.53. The molecule has 2 amide bonds. The number of carboxylic acids is 1. The van der Waals surface area contributed by atoms with Crippen LogP contribution in [0.25, 0.3) is 11.2 Å². The number of carboxylic acid groups (broad SMARTS) is 1. The van der Waals surface area contributed by atoms with Crippen LogP contribution in [0.1, 0.15) is 37.8 Å². The lowest BCUT2D eigenvalue weighted by atomic mass is 10.1. The summed E-state index contributed by atoms with van der Waals surface area (Å²) in [7, 11) is 0. The van der Waals surface area contributed by atoms with E-state index in [4.69, 9.17) is 14.2 Å². The molecule has 178 valence electrons. The molecular weight excluding hydrogens is 444 g/mol. The van der Waals surface area contributed by atoms with Gasteiger partial charge in [0.15, 0.2) is 29.5 Å². The minimum atomic E-state index is -0.913. The molecule has 0 spiro atoms. The zero-order valence-electron chi connectivity index (χ0n) is 18.3. The number of amides is 2. The molecule has 2 saturated heterocycles. The van der Waals surface area contributed by atoms with Crippen molar-refractivity contribution in [1.29, 1.82) is 0 Å². The van der Waals surface area contributed by atoms with Gasteiger partial charge in [-0.2, -0.15) is 0 Å². The van der Waals surface area contributed by atoms with Crippen molar-refractivity contribution in [3.05, 3.63) is 48.5 Å². The Morgan fingerprint density at radius 1 is 1.09 bits per heavy atom. The van der Waals surface area contributed by atoms with Gasteiger partial charge >= 0.3 is 12.0 Å². The minimum absolute atomic E-state index is 0.0621. The van der Waals surface area contributed by atoms with Crippen LogP contribution in [0.15, 0.2) is 43.0 Å². The summed E-state index contributed by atoms with van der Waals surface area (Å²) >= 11 is 0. The van der Waals surface area contributed by atoms with Crippen LogP contribution in [0.5, 0.6) is 0 Å². The molecule has 1 aromatic carbocycles. The summed E-state index contributed by atoms with van der Waals surface area (Å²) in [5.74, 6) is -0.651. The maximum atomic E-state index is 12.0. The zero-order chi connectivity index (χ0) is 23.7. The number of hydrogen-bond donors (Lipinski definition) is 3. The first-order valence-corrected chi connectivity index (χ1v) is 11.0. The van der Waals surface area contributed by atoms with Crippen LogP contribution in [0.4, 0.5) is 10.6 Å². The maximum Gasteiger partial charge on any atom is 0.320 e. The highest BCUT2D eigenvalue weighted by Gasteiger charge is 2.53. The van der Waals surface area contributed by atoms with Gasteiger partial charge in [-0.05, 0) is 13.3 Å². The van der Waals surface area contributed by atoms with Crippen molar-refractivity contribution in [2.45, 2.75) is 50.6 Å². The monoisotopic (exact) mass is 468 g/mol. The van der Waals surface area contributed by atoms with Crippen LogP contribution in [0, 0.1) is 0 Å². The van der Waals surface area contributed by atoms with Crippen LogP contribution in [-0.4, -0.2) is 61.5 Å². The highest BCUT2D eigenvalue weighted by atomic mass is 16.8. The van der Waals surface area contributed by atoms with E-state index in [1.165, 1.54) is 6.33 Å². The molecule has 5 rings (SSSR count). The molecule has 12 nitrogen and oxygen atoms in total. The number of nitrogens with one attached hydrogen (secondary N) is 2. The standard InChI is InChI=1S/C22H24N6O6/c1-2-23-22(31)27-18-15-19(25-10-24-18)28(11-26-15)20-17-16(13(32-20)8-9-14(29)30)33-21(34-17)12-6-4-3-5-7-12/h3-7,10-11,13,16-17,20-21H,2,8-9H2,1H3,(H,29,30)(H2,23,24,25,27,31)/t13-,16+,17?,20-,21-/m1/s1.